The molecule has 0 aliphatic rings. The average Bonchev–Trinajstić information content (AvgIpc) is 2.40. The van der Waals surface area contributed by atoms with Crippen LogP contribution in [0.1, 0.15) is 34.6 Å². The zero-order chi connectivity index (χ0) is 19.7. The Morgan fingerprint density at radius 3 is 0.870 bits per heavy atom. The van der Waals surface area contributed by atoms with Crippen LogP contribution >= 0.6 is 0 Å². The van der Waals surface area contributed by atoms with Gasteiger partial charge >= 0.3 is 62.0 Å². The number of hydrogen-bond acceptors (Lipinski definition) is 4. The molecule has 0 aromatic carbocycles. The summed E-state index contributed by atoms with van der Waals surface area (Å²) in [6.45, 7) is 17.8. The van der Waals surface area contributed by atoms with Gasteiger partial charge in [0.05, 0.1) is 0 Å². The Kier molecular flexibility index (Phi) is 23.4. The molecule has 0 saturated carbocycles. The van der Waals surface area contributed by atoms with E-state index in [1.807, 2.05) is 13.8 Å². The van der Waals surface area contributed by atoms with Gasteiger partial charge in [0, 0.05) is 16.7 Å². The fourth-order valence-electron chi connectivity index (χ4n) is 0. The predicted octanol–water partition coefficient (Wildman–Crippen LogP) is 2.81. The Balaban J connectivity index is -0.000000105. The molecule has 0 unspecified atom stereocenters. The number of carboxylic acids is 3. The Morgan fingerprint density at radius 2 is 0.870 bits per heavy atom. The molecule has 0 amide bonds. The van der Waals surface area contributed by atoms with E-state index >= 15 is 0 Å². The van der Waals surface area contributed by atoms with E-state index in [9.17, 15) is 14.4 Å². The summed E-state index contributed by atoms with van der Waals surface area (Å²) in [6, 6.07) is 0. The molecular formula is C15H25O7Ti. The second kappa shape index (κ2) is 18.4. The summed E-state index contributed by atoms with van der Waals surface area (Å²) in [4.78, 5) is 28.8. The molecule has 0 atom stereocenters. The van der Waals surface area contributed by atoms with Crippen LogP contribution in [0.3, 0.4) is 0 Å². The molecule has 0 heterocycles. The first-order valence-electron chi connectivity index (χ1n) is 6.19. The second-order valence-corrected chi connectivity index (χ2v) is 4.79. The van der Waals surface area contributed by atoms with E-state index in [-0.39, 0.29) is 16.7 Å². The number of hydrogen-bond donors (Lipinski definition) is 3. The topological polar surface area (TPSA) is 121 Å². The van der Waals surface area contributed by atoms with E-state index in [2.05, 4.69) is 19.7 Å². The van der Waals surface area contributed by atoms with Gasteiger partial charge in [0.2, 0.25) is 0 Å². The van der Waals surface area contributed by atoms with Crippen LogP contribution in [-0.2, 0) is 38.5 Å². The Morgan fingerprint density at radius 1 is 0.783 bits per heavy atom. The third kappa shape index (κ3) is 44.9. The van der Waals surface area contributed by atoms with Crippen molar-refractivity contribution in [3.05, 3.63) is 36.5 Å². The van der Waals surface area contributed by atoms with E-state index in [1.54, 1.807) is 20.8 Å². The predicted molar refractivity (Wildman–Crippen MR) is 83.6 cm³/mol. The average molecular weight is 365 g/mol. The van der Waals surface area contributed by atoms with Gasteiger partial charge in [0.25, 0.3) is 0 Å². The quantitative estimate of drug-likeness (QED) is 0.517. The number of carboxylic acid groups (broad SMARTS) is 3. The van der Waals surface area contributed by atoms with Crippen LogP contribution in [-0.4, -0.2) is 39.3 Å². The fourth-order valence-corrected chi connectivity index (χ4v) is 0. The van der Waals surface area contributed by atoms with Gasteiger partial charge in [-0.15, -0.1) is 0 Å². The molecule has 0 saturated heterocycles. The summed E-state index contributed by atoms with van der Waals surface area (Å²) >= 11 is 1.70. The van der Waals surface area contributed by atoms with Crippen molar-refractivity contribution >= 4 is 17.9 Å². The van der Waals surface area contributed by atoms with Crippen molar-refractivity contribution < 1.29 is 53.8 Å². The van der Waals surface area contributed by atoms with Gasteiger partial charge in [0.15, 0.2) is 0 Å². The van der Waals surface area contributed by atoms with Gasteiger partial charge in [0.1, 0.15) is 0 Å². The number of aliphatic carboxylic acids is 3. The minimum absolute atomic E-state index is 0.176. The van der Waals surface area contributed by atoms with Crippen molar-refractivity contribution in [3.63, 3.8) is 0 Å². The van der Waals surface area contributed by atoms with E-state index in [4.69, 9.17) is 18.6 Å². The van der Waals surface area contributed by atoms with Crippen LogP contribution in [0, 0.1) is 0 Å². The molecule has 0 aromatic heterocycles. The van der Waals surface area contributed by atoms with Crippen LogP contribution < -0.4 is 0 Å². The fraction of sp³-hybridized carbons (Fsp3) is 0.400. The van der Waals surface area contributed by atoms with E-state index < -0.39 is 17.9 Å². The molecule has 7 nitrogen and oxygen atoms in total. The van der Waals surface area contributed by atoms with Crippen LogP contribution in [0.2, 0.25) is 0 Å². The van der Waals surface area contributed by atoms with Crippen LogP contribution in [0.15, 0.2) is 36.5 Å². The van der Waals surface area contributed by atoms with Gasteiger partial charge in [-0.05, 0) is 20.8 Å². The molecule has 0 radical (unpaired) electrons. The van der Waals surface area contributed by atoms with Gasteiger partial charge in [-0.2, -0.15) is 0 Å². The third-order valence-electron chi connectivity index (χ3n) is 1.33. The molecule has 3 N–H and O–H groups in total. The molecule has 131 valence electrons. The zero-order valence-corrected chi connectivity index (χ0v) is 15.7. The molecule has 0 bridgehead atoms. The van der Waals surface area contributed by atoms with Crippen molar-refractivity contribution in [2.75, 3.05) is 0 Å². The molecule has 0 rings (SSSR count). The maximum atomic E-state index is 9.60. The van der Waals surface area contributed by atoms with Crippen molar-refractivity contribution in [1.82, 2.24) is 0 Å². The second-order valence-electron chi connectivity index (χ2n) is 4.42. The summed E-state index contributed by atoms with van der Waals surface area (Å²) < 4.78 is 4.75. The normalized spacial score (nSPS) is 7.87. The van der Waals surface area contributed by atoms with Crippen LogP contribution in [0.25, 0.3) is 0 Å². The zero-order valence-electron chi connectivity index (χ0n) is 14.2. The van der Waals surface area contributed by atoms with Gasteiger partial charge in [-0.25, -0.2) is 14.4 Å². The molecule has 8 heteroatoms. The Bertz CT molecular complexity index is 332. The molecular weight excluding hydrogens is 340 g/mol. The summed E-state index contributed by atoms with van der Waals surface area (Å²) in [6.07, 6.45) is 0.384. The number of rotatable bonds is 4. The molecule has 23 heavy (non-hydrogen) atoms. The minimum atomic E-state index is -0.935. The van der Waals surface area contributed by atoms with Gasteiger partial charge in [-0.1, -0.05) is 19.7 Å². The van der Waals surface area contributed by atoms with E-state index in [0.29, 0.717) is 6.10 Å². The van der Waals surface area contributed by atoms with Crippen molar-refractivity contribution in [1.29, 1.82) is 0 Å². The van der Waals surface area contributed by atoms with Gasteiger partial charge < -0.3 is 15.3 Å². The standard InChI is InChI=1S/3C4H6O2.C3H7O.Ti/c3*1-3(2)4(5)6;1-3(2)4;/h3*1H2,2H3,(H,5,6);3H,1-2H3;/q;;;-1;+1. The van der Waals surface area contributed by atoms with Crippen LogP contribution in [0.4, 0.5) is 0 Å². The van der Waals surface area contributed by atoms with E-state index in [1.165, 1.54) is 20.8 Å². The first-order chi connectivity index (χ1) is 10.2. The summed E-state index contributed by atoms with van der Waals surface area (Å²) in [5.41, 5.74) is 0.528. The summed E-state index contributed by atoms with van der Waals surface area (Å²) in [5.74, 6) is -2.81. The Hall–Kier alpha value is -1.70. The summed E-state index contributed by atoms with van der Waals surface area (Å²) in [5, 5.41) is 23.7. The first-order valence-corrected chi connectivity index (χ1v) is 6.83. The van der Waals surface area contributed by atoms with Gasteiger partial charge in [-0.3, -0.25) is 0 Å². The van der Waals surface area contributed by atoms with Crippen molar-refractivity contribution in [2.24, 2.45) is 0 Å². The monoisotopic (exact) mass is 365 g/mol. The Labute approximate surface area is 149 Å². The molecule has 0 aliphatic heterocycles. The van der Waals surface area contributed by atoms with Crippen LogP contribution in [0.5, 0.6) is 0 Å². The molecule has 0 aliphatic carbocycles. The van der Waals surface area contributed by atoms with E-state index in [0.717, 1.165) is 0 Å². The van der Waals surface area contributed by atoms with Crippen molar-refractivity contribution in [3.8, 4) is 0 Å². The SMILES string of the molecule is C=C(C)C(=O)O.C=C(C)C(=O)O.C=C(C)C(=O)O.CC(C)[O][Ti]. The molecule has 0 fully saturated rings. The van der Waals surface area contributed by atoms with Crippen molar-refractivity contribution in [2.45, 2.75) is 40.7 Å². The first kappa shape index (κ1) is 29.3. The number of carbonyl (C=O) groups is 3. The summed E-state index contributed by atoms with van der Waals surface area (Å²) in [7, 11) is 0. The molecule has 0 spiro atoms. The maximum absolute atomic E-state index is 9.60. The third-order valence-corrected chi connectivity index (χ3v) is 2.07. The molecule has 0 aromatic rings.